The first kappa shape index (κ1) is 21.3. The minimum Gasteiger partial charge on any atom is -0.459 e. The zero-order valence-corrected chi connectivity index (χ0v) is 16.2. The highest BCUT2D eigenvalue weighted by molar-refractivity contribution is 5.92. The van der Waals surface area contributed by atoms with Gasteiger partial charge in [-0.15, -0.1) is 0 Å². The number of fused-ring (bicyclic) bond motifs is 1. The average molecular weight is 380 g/mol. The topological polar surface area (TPSA) is 110 Å². The van der Waals surface area contributed by atoms with Gasteiger partial charge in [-0.3, -0.25) is 9.59 Å². The fourth-order valence-electron chi connectivity index (χ4n) is 3.45. The number of Topliss-reactive ketones (excluding diaryl/α,β-unsaturated/α-hetero) is 1. The van der Waals surface area contributed by atoms with Crippen molar-refractivity contribution in [3.05, 3.63) is 23.8 Å². The van der Waals surface area contributed by atoms with Crippen molar-refractivity contribution >= 4 is 17.7 Å². The van der Waals surface area contributed by atoms with Crippen LogP contribution in [-0.2, 0) is 23.9 Å². The molecule has 0 amide bonds. The Morgan fingerprint density at radius 1 is 1.44 bits per heavy atom. The highest BCUT2D eigenvalue weighted by Crippen LogP contribution is 2.39. The van der Waals surface area contributed by atoms with Crippen molar-refractivity contribution in [3.8, 4) is 0 Å². The Hall–Kier alpha value is -1.99. The number of carbonyl (C=O) groups excluding carboxylic acids is 3. The first-order valence-corrected chi connectivity index (χ1v) is 9.13. The van der Waals surface area contributed by atoms with Crippen LogP contribution in [0.3, 0.4) is 0 Å². The van der Waals surface area contributed by atoms with E-state index in [2.05, 4.69) is 6.58 Å². The molecule has 150 valence electrons. The molecule has 2 aliphatic rings. The number of esters is 2. The number of hydrogen-bond donors (Lipinski definition) is 2. The number of rotatable bonds is 3. The Labute approximate surface area is 159 Å². The molecule has 2 N–H and O–H groups in total. The second-order valence-electron chi connectivity index (χ2n) is 8.02. The van der Waals surface area contributed by atoms with Crippen LogP contribution in [0, 0.1) is 11.8 Å². The molecule has 2 rings (SSSR count). The van der Waals surface area contributed by atoms with Gasteiger partial charge in [-0.1, -0.05) is 32.1 Å². The molecule has 1 saturated heterocycles. The molecule has 1 heterocycles. The van der Waals surface area contributed by atoms with Gasteiger partial charge in [-0.2, -0.15) is 0 Å². The summed E-state index contributed by atoms with van der Waals surface area (Å²) < 4.78 is 10.9. The number of aliphatic hydroxyl groups is 2. The molecule has 27 heavy (non-hydrogen) atoms. The third-order valence-corrected chi connectivity index (χ3v) is 5.13. The van der Waals surface area contributed by atoms with E-state index in [0.29, 0.717) is 6.42 Å². The molecule has 5 atom stereocenters. The van der Waals surface area contributed by atoms with E-state index in [1.807, 2.05) is 13.8 Å². The van der Waals surface area contributed by atoms with Crippen LogP contribution in [0.4, 0.5) is 0 Å². The van der Waals surface area contributed by atoms with Crippen molar-refractivity contribution in [2.24, 2.45) is 11.8 Å². The lowest BCUT2D eigenvalue weighted by Gasteiger charge is -2.37. The summed E-state index contributed by atoms with van der Waals surface area (Å²) in [6.07, 6.45) is -1.80. The maximum absolute atomic E-state index is 12.4. The number of allylic oxidation sites excluding steroid dienone is 1. The van der Waals surface area contributed by atoms with Gasteiger partial charge in [-0.05, 0) is 19.8 Å². The number of carbonyl (C=O) groups is 3. The Bertz CT molecular complexity index is 674. The highest BCUT2D eigenvalue weighted by atomic mass is 16.6. The number of aliphatic hydroxyl groups excluding tert-OH is 1. The third kappa shape index (κ3) is 4.47. The van der Waals surface area contributed by atoms with Crippen LogP contribution in [0.1, 0.15) is 47.0 Å². The summed E-state index contributed by atoms with van der Waals surface area (Å²) in [6, 6.07) is 0. The summed E-state index contributed by atoms with van der Waals surface area (Å²) in [5.41, 5.74) is -1.31. The molecule has 0 aromatic heterocycles. The van der Waals surface area contributed by atoms with Crippen LogP contribution in [0.15, 0.2) is 23.8 Å². The smallest absolute Gasteiger partial charge is 0.334 e. The minimum absolute atomic E-state index is 0.0157. The molecular weight excluding hydrogens is 352 g/mol. The molecule has 0 aromatic carbocycles. The zero-order chi connectivity index (χ0) is 20.5. The Balaban J connectivity index is 2.48. The lowest BCUT2D eigenvalue weighted by molar-refractivity contribution is -0.183. The van der Waals surface area contributed by atoms with Crippen LogP contribution in [-0.4, -0.2) is 51.8 Å². The molecule has 7 nitrogen and oxygen atoms in total. The van der Waals surface area contributed by atoms with Crippen LogP contribution < -0.4 is 0 Å². The van der Waals surface area contributed by atoms with E-state index in [-0.39, 0.29) is 24.3 Å². The van der Waals surface area contributed by atoms with Gasteiger partial charge >= 0.3 is 11.9 Å². The van der Waals surface area contributed by atoms with Gasteiger partial charge in [0.1, 0.15) is 23.9 Å². The average Bonchev–Trinajstić information content (AvgIpc) is 2.82. The number of ketones is 1. The molecule has 0 spiro atoms. The van der Waals surface area contributed by atoms with Crippen molar-refractivity contribution in [2.45, 2.75) is 70.9 Å². The zero-order valence-electron chi connectivity index (χ0n) is 16.2. The second-order valence-corrected chi connectivity index (χ2v) is 8.02. The molecule has 1 aliphatic heterocycles. The summed E-state index contributed by atoms with van der Waals surface area (Å²) in [6.45, 7) is 10.4. The third-order valence-electron chi connectivity index (χ3n) is 5.13. The van der Waals surface area contributed by atoms with Crippen LogP contribution in [0.25, 0.3) is 0 Å². The molecule has 0 saturated carbocycles. The van der Waals surface area contributed by atoms with Gasteiger partial charge in [0.2, 0.25) is 0 Å². The van der Waals surface area contributed by atoms with Crippen molar-refractivity contribution < 1.29 is 34.1 Å². The fourth-order valence-corrected chi connectivity index (χ4v) is 3.45. The minimum atomic E-state index is -2.16. The quantitative estimate of drug-likeness (QED) is 0.433. The molecule has 1 aliphatic carbocycles. The molecular formula is C20H28O7. The SMILES string of the molecule is C=C1C(=O)O[C@@H]2C/C(C)=C/CC(=O)[C@](C)(O)[C@H](O)[C@@H](OC(=O)CC(C)C)[C@H]12. The lowest BCUT2D eigenvalue weighted by atomic mass is 9.77. The van der Waals surface area contributed by atoms with E-state index in [1.165, 1.54) is 6.92 Å². The standard InChI is InChI=1S/C20H28O7/c1-10(2)8-15(22)27-17-16-12(4)19(24)26-13(16)9-11(3)6-7-14(21)20(5,25)18(17)23/h6,10,13,16-18,23,25H,4,7-9H2,1-3,5H3/b11-6+/t13-,16-,17+,18-,20+/m1/s1. The van der Waals surface area contributed by atoms with E-state index in [9.17, 15) is 24.6 Å². The monoisotopic (exact) mass is 380 g/mol. The van der Waals surface area contributed by atoms with E-state index in [1.54, 1.807) is 13.0 Å². The van der Waals surface area contributed by atoms with Crippen LogP contribution in [0.2, 0.25) is 0 Å². The maximum Gasteiger partial charge on any atom is 0.334 e. The first-order valence-electron chi connectivity index (χ1n) is 9.13. The van der Waals surface area contributed by atoms with Gasteiger partial charge in [-0.25, -0.2) is 4.79 Å². The van der Waals surface area contributed by atoms with Gasteiger partial charge in [0, 0.05) is 24.8 Å². The molecule has 0 radical (unpaired) electrons. The normalized spacial score (nSPS) is 36.7. The van der Waals surface area contributed by atoms with Gasteiger partial charge < -0.3 is 19.7 Å². The summed E-state index contributed by atoms with van der Waals surface area (Å²) >= 11 is 0. The molecule has 7 heteroatoms. The summed E-state index contributed by atoms with van der Waals surface area (Å²) in [5.74, 6) is -2.67. The van der Waals surface area contributed by atoms with Crippen molar-refractivity contribution in [1.29, 1.82) is 0 Å². The van der Waals surface area contributed by atoms with E-state index < -0.39 is 47.6 Å². The number of ether oxygens (including phenoxy) is 2. The molecule has 0 unspecified atom stereocenters. The largest absolute Gasteiger partial charge is 0.459 e. The highest BCUT2D eigenvalue weighted by Gasteiger charge is 2.53. The van der Waals surface area contributed by atoms with Gasteiger partial charge in [0.15, 0.2) is 5.78 Å². The predicted molar refractivity (Wildman–Crippen MR) is 96.5 cm³/mol. The van der Waals surface area contributed by atoms with Crippen LogP contribution >= 0.6 is 0 Å². The molecule has 1 fully saturated rings. The van der Waals surface area contributed by atoms with Crippen molar-refractivity contribution in [3.63, 3.8) is 0 Å². The summed E-state index contributed by atoms with van der Waals surface area (Å²) in [7, 11) is 0. The van der Waals surface area contributed by atoms with Crippen LogP contribution in [0.5, 0.6) is 0 Å². The number of hydrogen-bond acceptors (Lipinski definition) is 7. The van der Waals surface area contributed by atoms with E-state index in [4.69, 9.17) is 9.47 Å². The van der Waals surface area contributed by atoms with E-state index >= 15 is 0 Å². The lowest BCUT2D eigenvalue weighted by Crippen LogP contribution is -2.57. The summed E-state index contributed by atoms with van der Waals surface area (Å²) in [5, 5.41) is 21.5. The van der Waals surface area contributed by atoms with E-state index in [0.717, 1.165) is 5.57 Å². The fraction of sp³-hybridized carbons (Fsp3) is 0.650. The summed E-state index contributed by atoms with van der Waals surface area (Å²) in [4.78, 5) is 36.8. The Kier molecular flexibility index (Phi) is 6.27. The van der Waals surface area contributed by atoms with Gasteiger partial charge in [0.05, 0.1) is 5.92 Å². The second kappa shape index (κ2) is 7.94. The predicted octanol–water partition coefficient (Wildman–Crippen LogP) is 1.46. The molecule has 0 aromatic rings. The van der Waals surface area contributed by atoms with Crippen molar-refractivity contribution in [1.82, 2.24) is 0 Å². The van der Waals surface area contributed by atoms with Crippen molar-refractivity contribution in [2.75, 3.05) is 0 Å². The Morgan fingerprint density at radius 2 is 2.07 bits per heavy atom. The van der Waals surface area contributed by atoms with Gasteiger partial charge in [0.25, 0.3) is 0 Å². The Morgan fingerprint density at radius 3 is 2.67 bits per heavy atom. The maximum atomic E-state index is 12.4. The first-order chi connectivity index (χ1) is 12.4. The molecule has 0 bridgehead atoms.